The van der Waals surface area contributed by atoms with Crippen molar-refractivity contribution < 1.29 is 9.90 Å². The summed E-state index contributed by atoms with van der Waals surface area (Å²) in [5.41, 5.74) is 4.35. The van der Waals surface area contributed by atoms with Crippen LogP contribution >= 0.6 is 0 Å². The summed E-state index contributed by atoms with van der Waals surface area (Å²) in [6.07, 6.45) is 0. The van der Waals surface area contributed by atoms with Crippen molar-refractivity contribution in [2.24, 2.45) is 0 Å². The van der Waals surface area contributed by atoms with Crippen molar-refractivity contribution >= 4 is 5.97 Å². The lowest BCUT2D eigenvalue weighted by atomic mass is 10.1. The van der Waals surface area contributed by atoms with Gasteiger partial charge in [0.15, 0.2) is 0 Å². The van der Waals surface area contributed by atoms with Crippen LogP contribution in [0.3, 0.4) is 0 Å². The topological polar surface area (TPSA) is 58.0 Å². The molecule has 0 amide bonds. The number of benzene rings is 2. The first-order chi connectivity index (χ1) is 10.6. The van der Waals surface area contributed by atoms with E-state index in [2.05, 4.69) is 5.10 Å². The molecule has 4 nitrogen and oxygen atoms in total. The second-order valence-electron chi connectivity index (χ2n) is 5.27. The Morgan fingerprint density at radius 1 is 1.05 bits per heavy atom. The van der Waals surface area contributed by atoms with Gasteiger partial charge in [-0.1, -0.05) is 48.0 Å². The minimum Gasteiger partial charge on any atom is -0.543 e. The molecule has 22 heavy (non-hydrogen) atoms. The van der Waals surface area contributed by atoms with Gasteiger partial charge in [0, 0.05) is 5.56 Å². The zero-order valence-corrected chi connectivity index (χ0v) is 12.4. The van der Waals surface area contributed by atoms with Crippen LogP contribution in [-0.4, -0.2) is 15.7 Å². The maximum atomic E-state index is 11.4. The molecule has 0 saturated heterocycles. The van der Waals surface area contributed by atoms with E-state index in [1.165, 1.54) is 4.68 Å². The Bertz CT molecular complexity index is 836. The van der Waals surface area contributed by atoms with Crippen LogP contribution in [0.15, 0.2) is 54.6 Å². The van der Waals surface area contributed by atoms with Gasteiger partial charge in [-0.05, 0) is 31.5 Å². The Kier molecular flexibility index (Phi) is 3.51. The van der Waals surface area contributed by atoms with Gasteiger partial charge in [-0.25, -0.2) is 4.68 Å². The van der Waals surface area contributed by atoms with Crippen molar-refractivity contribution in [1.29, 1.82) is 0 Å². The highest BCUT2D eigenvalue weighted by molar-refractivity contribution is 5.86. The largest absolute Gasteiger partial charge is 0.543 e. The lowest BCUT2D eigenvalue weighted by Gasteiger charge is -2.11. The summed E-state index contributed by atoms with van der Waals surface area (Å²) in [6.45, 7) is 3.93. The predicted octanol–water partition coefficient (Wildman–Crippen LogP) is 2.52. The molecule has 0 aliphatic heterocycles. The minimum absolute atomic E-state index is 0.0470. The number of rotatable bonds is 3. The van der Waals surface area contributed by atoms with Crippen LogP contribution in [0.2, 0.25) is 0 Å². The summed E-state index contributed by atoms with van der Waals surface area (Å²) in [6, 6.07) is 16.8. The molecule has 0 aliphatic rings. The highest BCUT2D eigenvalue weighted by atomic mass is 16.4. The van der Waals surface area contributed by atoms with Gasteiger partial charge in [0.05, 0.1) is 23.0 Å². The molecule has 1 heterocycles. The van der Waals surface area contributed by atoms with Crippen LogP contribution in [0.4, 0.5) is 0 Å². The van der Waals surface area contributed by atoms with Gasteiger partial charge in [0.1, 0.15) is 0 Å². The number of carbonyl (C=O) groups is 1. The van der Waals surface area contributed by atoms with Crippen LogP contribution in [0, 0.1) is 13.8 Å². The fourth-order valence-corrected chi connectivity index (χ4v) is 2.50. The molecule has 0 fully saturated rings. The van der Waals surface area contributed by atoms with Crippen molar-refractivity contribution in [3.05, 3.63) is 71.4 Å². The summed E-state index contributed by atoms with van der Waals surface area (Å²) in [5, 5.41) is 15.9. The Balaban J connectivity index is 2.18. The highest BCUT2D eigenvalue weighted by Gasteiger charge is 2.13. The SMILES string of the molecule is Cc1ccc(-n2nc(-c3ccccc3)cc2C(=O)[O-])c(C)c1. The van der Waals surface area contributed by atoms with Crippen LogP contribution in [0.1, 0.15) is 21.6 Å². The number of carboxylic acid groups (broad SMARTS) is 1. The average Bonchev–Trinajstić information content (AvgIpc) is 2.93. The molecular weight excluding hydrogens is 276 g/mol. The molecule has 110 valence electrons. The number of nitrogens with zero attached hydrogens (tertiary/aromatic N) is 2. The Morgan fingerprint density at radius 2 is 1.77 bits per heavy atom. The third-order valence-electron chi connectivity index (χ3n) is 3.57. The van der Waals surface area contributed by atoms with Gasteiger partial charge < -0.3 is 9.90 Å². The fraction of sp³-hybridized carbons (Fsp3) is 0.111. The molecule has 0 atom stereocenters. The molecule has 1 aromatic heterocycles. The predicted molar refractivity (Wildman–Crippen MR) is 82.8 cm³/mol. The standard InChI is InChI=1S/C18H16N2O2/c1-12-8-9-16(13(2)10-12)20-17(18(21)22)11-15(19-20)14-6-4-3-5-7-14/h3-11H,1-2H3,(H,21,22)/p-1. The van der Waals surface area contributed by atoms with Gasteiger partial charge >= 0.3 is 0 Å². The zero-order chi connectivity index (χ0) is 15.7. The highest BCUT2D eigenvalue weighted by Crippen LogP contribution is 2.23. The number of aromatic carboxylic acids is 1. The van der Waals surface area contributed by atoms with Crippen molar-refractivity contribution in [2.45, 2.75) is 13.8 Å². The first-order valence-electron chi connectivity index (χ1n) is 7.01. The summed E-state index contributed by atoms with van der Waals surface area (Å²) in [5.74, 6) is -1.24. The van der Waals surface area contributed by atoms with Crippen molar-refractivity contribution in [3.63, 3.8) is 0 Å². The number of hydrogen-bond acceptors (Lipinski definition) is 3. The van der Waals surface area contributed by atoms with E-state index in [0.717, 1.165) is 22.4 Å². The summed E-state index contributed by atoms with van der Waals surface area (Å²) in [4.78, 5) is 11.4. The summed E-state index contributed by atoms with van der Waals surface area (Å²) < 4.78 is 1.44. The number of aryl methyl sites for hydroxylation is 2. The number of carbonyl (C=O) groups excluding carboxylic acids is 1. The van der Waals surface area contributed by atoms with Gasteiger partial charge in [0.25, 0.3) is 0 Å². The number of hydrogen-bond donors (Lipinski definition) is 0. The van der Waals surface area contributed by atoms with E-state index in [9.17, 15) is 9.90 Å². The molecule has 2 aromatic carbocycles. The Labute approximate surface area is 128 Å². The first-order valence-corrected chi connectivity index (χ1v) is 7.01. The Hall–Kier alpha value is -2.88. The molecule has 3 rings (SSSR count). The maximum absolute atomic E-state index is 11.4. The normalized spacial score (nSPS) is 10.6. The molecule has 0 spiro atoms. The van der Waals surface area contributed by atoms with E-state index in [-0.39, 0.29) is 5.69 Å². The summed E-state index contributed by atoms with van der Waals surface area (Å²) in [7, 11) is 0. The van der Waals surface area contributed by atoms with E-state index in [0.29, 0.717) is 5.69 Å². The minimum atomic E-state index is -1.24. The number of aromatic nitrogens is 2. The van der Waals surface area contributed by atoms with Gasteiger partial charge in [0.2, 0.25) is 0 Å². The molecule has 0 aliphatic carbocycles. The molecule has 0 saturated carbocycles. The van der Waals surface area contributed by atoms with E-state index in [1.54, 1.807) is 6.07 Å². The second-order valence-corrected chi connectivity index (χ2v) is 5.27. The van der Waals surface area contributed by atoms with Crippen molar-refractivity contribution in [1.82, 2.24) is 9.78 Å². The van der Waals surface area contributed by atoms with Crippen molar-refractivity contribution in [2.75, 3.05) is 0 Å². The third-order valence-corrected chi connectivity index (χ3v) is 3.57. The van der Waals surface area contributed by atoms with Crippen molar-refractivity contribution in [3.8, 4) is 16.9 Å². The van der Waals surface area contributed by atoms with Crippen LogP contribution in [-0.2, 0) is 0 Å². The lowest BCUT2D eigenvalue weighted by molar-refractivity contribution is -0.255. The first kappa shape index (κ1) is 14.1. The quantitative estimate of drug-likeness (QED) is 0.745. The molecular formula is C18H15N2O2-. The monoisotopic (exact) mass is 291 g/mol. The average molecular weight is 291 g/mol. The number of carboxylic acids is 1. The van der Waals surface area contributed by atoms with Gasteiger partial charge in [-0.3, -0.25) is 0 Å². The van der Waals surface area contributed by atoms with E-state index >= 15 is 0 Å². The Morgan fingerprint density at radius 3 is 2.41 bits per heavy atom. The third kappa shape index (κ3) is 2.51. The maximum Gasteiger partial charge on any atom is 0.0934 e. The lowest BCUT2D eigenvalue weighted by Crippen LogP contribution is -2.25. The molecule has 0 bridgehead atoms. The molecule has 4 heteroatoms. The van der Waals surface area contributed by atoms with Gasteiger partial charge in [-0.15, -0.1) is 0 Å². The molecule has 0 N–H and O–H groups in total. The summed E-state index contributed by atoms with van der Waals surface area (Å²) >= 11 is 0. The van der Waals surface area contributed by atoms with Gasteiger partial charge in [-0.2, -0.15) is 5.10 Å². The van der Waals surface area contributed by atoms with Crippen LogP contribution in [0.25, 0.3) is 16.9 Å². The molecule has 0 radical (unpaired) electrons. The smallest absolute Gasteiger partial charge is 0.0934 e. The second kappa shape index (κ2) is 5.48. The molecule has 0 unspecified atom stereocenters. The van der Waals surface area contributed by atoms with E-state index < -0.39 is 5.97 Å². The molecule has 3 aromatic rings. The van der Waals surface area contributed by atoms with Crippen LogP contribution in [0.5, 0.6) is 0 Å². The van der Waals surface area contributed by atoms with E-state index in [4.69, 9.17) is 0 Å². The van der Waals surface area contributed by atoms with Crippen LogP contribution < -0.4 is 5.11 Å². The fourth-order valence-electron chi connectivity index (χ4n) is 2.50. The van der Waals surface area contributed by atoms with E-state index in [1.807, 2.05) is 62.4 Å². The zero-order valence-electron chi connectivity index (χ0n) is 12.4.